The minimum absolute atomic E-state index is 0.412. The lowest BCUT2D eigenvalue weighted by Crippen LogP contribution is -2.34. The Hall–Kier alpha value is -0.800. The van der Waals surface area contributed by atoms with Crippen molar-refractivity contribution in [1.82, 2.24) is 10.3 Å². The summed E-state index contributed by atoms with van der Waals surface area (Å²) in [6.45, 7) is 10.4. The second-order valence-electron chi connectivity index (χ2n) is 5.02. The van der Waals surface area contributed by atoms with E-state index in [0.717, 1.165) is 29.5 Å². The average Bonchev–Trinajstić information content (AvgIpc) is 2.34. The summed E-state index contributed by atoms with van der Waals surface area (Å²) in [6, 6.07) is 2.41. The normalized spacial score (nSPS) is 12.8. The monoisotopic (exact) mass is 269 g/mol. The average molecular weight is 270 g/mol. The zero-order valence-corrected chi connectivity index (χ0v) is 12.8. The number of anilines is 1. The summed E-state index contributed by atoms with van der Waals surface area (Å²) in [5, 5.41) is 3.99. The van der Waals surface area contributed by atoms with Crippen LogP contribution in [-0.4, -0.2) is 24.6 Å². The largest absolute Gasteiger partial charge is 0.355 e. The Morgan fingerprint density at radius 3 is 2.56 bits per heavy atom. The summed E-state index contributed by atoms with van der Waals surface area (Å²) < 4.78 is 0. The summed E-state index contributed by atoms with van der Waals surface area (Å²) >= 11 is 6.32. The molecule has 0 aliphatic carbocycles. The van der Waals surface area contributed by atoms with Gasteiger partial charge in [-0.25, -0.2) is 4.98 Å². The SMILES string of the molecule is CCNCc1cnc(N(C)C(C)C(C)C)c(Cl)c1. The van der Waals surface area contributed by atoms with Gasteiger partial charge in [-0.1, -0.05) is 32.4 Å². The van der Waals surface area contributed by atoms with Crippen molar-refractivity contribution in [3.8, 4) is 0 Å². The Morgan fingerprint density at radius 1 is 1.39 bits per heavy atom. The fourth-order valence-corrected chi connectivity index (χ4v) is 2.06. The van der Waals surface area contributed by atoms with Gasteiger partial charge >= 0.3 is 0 Å². The molecule has 1 heterocycles. The summed E-state index contributed by atoms with van der Waals surface area (Å²) in [5.41, 5.74) is 1.12. The van der Waals surface area contributed by atoms with E-state index in [-0.39, 0.29) is 0 Å². The van der Waals surface area contributed by atoms with Crippen molar-refractivity contribution in [2.45, 2.75) is 40.3 Å². The zero-order valence-electron chi connectivity index (χ0n) is 12.0. The number of hydrogen-bond donors (Lipinski definition) is 1. The third kappa shape index (κ3) is 3.85. The van der Waals surface area contributed by atoms with Crippen molar-refractivity contribution in [2.24, 2.45) is 5.92 Å². The van der Waals surface area contributed by atoms with Gasteiger partial charge in [0.1, 0.15) is 5.82 Å². The molecule has 3 nitrogen and oxygen atoms in total. The minimum Gasteiger partial charge on any atom is -0.355 e. The van der Waals surface area contributed by atoms with Gasteiger partial charge in [-0.05, 0) is 31.0 Å². The molecule has 1 aromatic heterocycles. The topological polar surface area (TPSA) is 28.2 Å². The van der Waals surface area contributed by atoms with Crippen LogP contribution in [-0.2, 0) is 6.54 Å². The first-order valence-corrected chi connectivity index (χ1v) is 6.93. The molecule has 0 radical (unpaired) electrons. The van der Waals surface area contributed by atoms with Crippen LogP contribution >= 0.6 is 11.6 Å². The standard InChI is InChI=1S/C14H24ClN3/c1-6-16-8-12-7-13(15)14(17-9-12)18(5)11(4)10(2)3/h7,9-11,16H,6,8H2,1-5H3. The molecule has 1 aromatic rings. The molecule has 1 N–H and O–H groups in total. The molecule has 1 unspecified atom stereocenters. The molecular weight excluding hydrogens is 246 g/mol. The van der Waals surface area contributed by atoms with E-state index in [4.69, 9.17) is 11.6 Å². The molecule has 0 aromatic carbocycles. The highest BCUT2D eigenvalue weighted by molar-refractivity contribution is 6.33. The van der Waals surface area contributed by atoms with Gasteiger partial charge in [-0.2, -0.15) is 0 Å². The summed E-state index contributed by atoms with van der Waals surface area (Å²) in [4.78, 5) is 6.63. The van der Waals surface area contributed by atoms with Crippen LogP contribution < -0.4 is 10.2 Å². The van der Waals surface area contributed by atoms with Gasteiger partial charge < -0.3 is 10.2 Å². The maximum atomic E-state index is 6.32. The molecule has 102 valence electrons. The molecule has 0 amide bonds. The van der Waals surface area contributed by atoms with Crippen molar-refractivity contribution >= 4 is 17.4 Å². The van der Waals surface area contributed by atoms with Gasteiger partial charge in [-0.15, -0.1) is 0 Å². The first-order chi connectivity index (χ1) is 8.47. The minimum atomic E-state index is 0.412. The van der Waals surface area contributed by atoms with Crippen molar-refractivity contribution in [3.05, 3.63) is 22.8 Å². The van der Waals surface area contributed by atoms with Gasteiger partial charge in [0, 0.05) is 25.8 Å². The summed E-state index contributed by atoms with van der Waals surface area (Å²) in [6.07, 6.45) is 1.90. The van der Waals surface area contributed by atoms with Crippen molar-refractivity contribution < 1.29 is 0 Å². The lowest BCUT2D eigenvalue weighted by Gasteiger charge is -2.29. The fraction of sp³-hybridized carbons (Fsp3) is 0.643. The summed E-state index contributed by atoms with van der Waals surface area (Å²) in [7, 11) is 2.04. The van der Waals surface area contributed by atoms with Crippen LogP contribution in [0.5, 0.6) is 0 Å². The number of halogens is 1. The van der Waals surface area contributed by atoms with Gasteiger partial charge in [-0.3, -0.25) is 0 Å². The Balaban J connectivity index is 2.84. The van der Waals surface area contributed by atoms with Crippen LogP contribution in [0.1, 0.15) is 33.3 Å². The molecule has 0 bridgehead atoms. The highest BCUT2D eigenvalue weighted by atomic mass is 35.5. The molecule has 0 aliphatic heterocycles. The molecule has 0 saturated heterocycles. The number of nitrogens with one attached hydrogen (secondary N) is 1. The Labute approximate surface area is 116 Å². The maximum Gasteiger partial charge on any atom is 0.147 e. The third-order valence-corrected chi connectivity index (χ3v) is 3.65. The lowest BCUT2D eigenvalue weighted by molar-refractivity contribution is 0.502. The molecule has 0 saturated carbocycles. The highest BCUT2D eigenvalue weighted by Gasteiger charge is 2.17. The first kappa shape index (κ1) is 15.3. The van der Waals surface area contributed by atoms with E-state index in [0.29, 0.717) is 12.0 Å². The van der Waals surface area contributed by atoms with E-state index < -0.39 is 0 Å². The number of nitrogens with zero attached hydrogens (tertiary/aromatic N) is 2. The fourth-order valence-electron chi connectivity index (χ4n) is 1.74. The number of hydrogen-bond acceptors (Lipinski definition) is 3. The van der Waals surface area contributed by atoms with Crippen molar-refractivity contribution in [1.29, 1.82) is 0 Å². The quantitative estimate of drug-likeness (QED) is 0.859. The van der Waals surface area contributed by atoms with E-state index >= 15 is 0 Å². The molecule has 0 fully saturated rings. The molecule has 18 heavy (non-hydrogen) atoms. The number of aromatic nitrogens is 1. The van der Waals surface area contributed by atoms with E-state index in [1.54, 1.807) is 0 Å². The molecule has 0 aliphatic rings. The van der Waals surface area contributed by atoms with Gasteiger partial charge in [0.15, 0.2) is 0 Å². The van der Waals surface area contributed by atoms with Crippen LogP contribution in [0.4, 0.5) is 5.82 Å². The lowest BCUT2D eigenvalue weighted by atomic mass is 10.1. The van der Waals surface area contributed by atoms with E-state index in [9.17, 15) is 0 Å². The van der Waals surface area contributed by atoms with Crippen LogP contribution in [0.15, 0.2) is 12.3 Å². The van der Waals surface area contributed by atoms with E-state index in [2.05, 4.69) is 42.9 Å². The Morgan fingerprint density at radius 2 is 2.06 bits per heavy atom. The first-order valence-electron chi connectivity index (χ1n) is 6.55. The second-order valence-corrected chi connectivity index (χ2v) is 5.43. The number of rotatable bonds is 6. The van der Waals surface area contributed by atoms with Crippen molar-refractivity contribution in [3.63, 3.8) is 0 Å². The Kier molecular flexibility index (Phi) is 5.89. The molecular formula is C14H24ClN3. The molecule has 4 heteroatoms. The van der Waals surface area contributed by atoms with Gasteiger partial charge in [0.2, 0.25) is 0 Å². The molecule has 1 atom stereocenters. The van der Waals surface area contributed by atoms with Crippen LogP contribution in [0.25, 0.3) is 0 Å². The smallest absolute Gasteiger partial charge is 0.147 e. The van der Waals surface area contributed by atoms with Crippen LogP contribution in [0.2, 0.25) is 5.02 Å². The Bertz CT molecular complexity index is 379. The molecule has 0 spiro atoms. The maximum absolute atomic E-state index is 6.32. The zero-order chi connectivity index (χ0) is 13.7. The predicted molar refractivity (Wildman–Crippen MR) is 79.3 cm³/mol. The van der Waals surface area contributed by atoms with Gasteiger partial charge in [0.25, 0.3) is 0 Å². The molecule has 1 rings (SSSR count). The van der Waals surface area contributed by atoms with Crippen molar-refractivity contribution in [2.75, 3.05) is 18.5 Å². The van der Waals surface area contributed by atoms with E-state index in [1.165, 1.54) is 0 Å². The second kappa shape index (κ2) is 6.95. The van der Waals surface area contributed by atoms with Crippen LogP contribution in [0, 0.1) is 5.92 Å². The van der Waals surface area contributed by atoms with Crippen LogP contribution in [0.3, 0.4) is 0 Å². The predicted octanol–water partition coefficient (Wildman–Crippen LogP) is 3.33. The highest BCUT2D eigenvalue weighted by Crippen LogP contribution is 2.26. The van der Waals surface area contributed by atoms with Gasteiger partial charge in [0.05, 0.1) is 5.02 Å². The summed E-state index contributed by atoms with van der Waals surface area (Å²) in [5.74, 6) is 1.42. The van der Waals surface area contributed by atoms with E-state index in [1.807, 2.05) is 19.3 Å². The third-order valence-electron chi connectivity index (χ3n) is 3.37. The number of pyridine rings is 1.